The molecule has 32 heavy (non-hydrogen) atoms. The molecule has 10 heteroatoms. The number of nitrogens with one attached hydrogen (secondary N) is 2. The second kappa shape index (κ2) is 9.15. The third-order valence-corrected chi connectivity index (χ3v) is 4.81. The zero-order valence-corrected chi connectivity index (χ0v) is 17.1. The molecule has 1 atom stereocenters. The van der Waals surface area contributed by atoms with Gasteiger partial charge in [-0.2, -0.15) is 13.2 Å². The summed E-state index contributed by atoms with van der Waals surface area (Å²) in [6.07, 6.45) is -3.32. The number of hydrogen-bond acceptors (Lipinski definition) is 6. The predicted octanol–water partition coefficient (Wildman–Crippen LogP) is 4.64. The van der Waals surface area contributed by atoms with Crippen LogP contribution in [0.1, 0.15) is 44.9 Å². The lowest BCUT2D eigenvalue weighted by Crippen LogP contribution is -2.31. The first kappa shape index (κ1) is 22.9. The largest absolute Gasteiger partial charge is 0.497 e. The minimum absolute atomic E-state index is 0.0488. The summed E-state index contributed by atoms with van der Waals surface area (Å²) in [5.41, 5.74) is 2.35. The number of carbonyl (C=O) groups is 2. The molecule has 2 aromatic carbocycles. The summed E-state index contributed by atoms with van der Waals surface area (Å²) in [5.74, 6) is 3.17. The maximum absolute atomic E-state index is 13.2. The summed E-state index contributed by atoms with van der Waals surface area (Å²) >= 11 is 0. The van der Waals surface area contributed by atoms with Crippen LogP contribution in [0.15, 0.2) is 59.2 Å². The van der Waals surface area contributed by atoms with Gasteiger partial charge >= 0.3 is 12.1 Å². The molecular weight excluding hydrogens is 427 g/mol. The summed E-state index contributed by atoms with van der Waals surface area (Å²) in [6, 6.07) is 11.3. The second-order valence-electron chi connectivity index (χ2n) is 6.92. The number of anilines is 2. The molecule has 0 saturated heterocycles. The van der Waals surface area contributed by atoms with E-state index >= 15 is 0 Å². The predicted molar refractivity (Wildman–Crippen MR) is 111 cm³/mol. The molecule has 168 valence electrons. The summed E-state index contributed by atoms with van der Waals surface area (Å²) in [5, 5.41) is 2.91. The van der Waals surface area contributed by atoms with E-state index in [1.54, 1.807) is 31.2 Å². The van der Waals surface area contributed by atoms with Crippen LogP contribution >= 0.6 is 0 Å². The summed E-state index contributed by atoms with van der Waals surface area (Å²) in [6.45, 7) is 1.64. The topological polar surface area (TPSA) is 107 Å². The van der Waals surface area contributed by atoms with Gasteiger partial charge in [0.15, 0.2) is 5.78 Å². The smallest absolute Gasteiger partial charge is 0.416 e. The van der Waals surface area contributed by atoms with Crippen LogP contribution in [0, 0.1) is 0 Å². The van der Waals surface area contributed by atoms with Crippen molar-refractivity contribution in [2.45, 2.75) is 19.0 Å². The molecule has 4 N–H and O–H groups in total. The fourth-order valence-corrected chi connectivity index (χ4v) is 3.13. The molecule has 1 heterocycles. The third-order valence-electron chi connectivity index (χ3n) is 4.81. The van der Waals surface area contributed by atoms with E-state index in [9.17, 15) is 22.8 Å². The van der Waals surface area contributed by atoms with E-state index in [4.69, 9.17) is 15.0 Å². The number of carbonyl (C=O) groups excluding carboxylic acids is 2. The number of amides is 1. The van der Waals surface area contributed by atoms with E-state index in [1.165, 1.54) is 25.5 Å². The average Bonchev–Trinajstić information content (AvgIpc) is 3.26. The Morgan fingerprint density at radius 3 is 2.50 bits per heavy atom. The molecule has 7 nitrogen and oxygen atoms in total. The van der Waals surface area contributed by atoms with E-state index < -0.39 is 23.6 Å². The Balaban J connectivity index is 1.87. The number of nitrogens with two attached hydrogens (primary N) is 1. The number of hydrazine groups is 1. The van der Waals surface area contributed by atoms with Crippen LogP contribution in [0.2, 0.25) is 0 Å². The highest BCUT2D eigenvalue weighted by Gasteiger charge is 2.31. The molecule has 0 aliphatic heterocycles. The fourth-order valence-electron chi connectivity index (χ4n) is 3.13. The maximum Gasteiger partial charge on any atom is 0.416 e. The van der Waals surface area contributed by atoms with Crippen molar-refractivity contribution in [3.8, 4) is 5.75 Å². The normalized spacial score (nSPS) is 12.2. The number of methoxy groups -OCH3 is 1. The lowest BCUT2D eigenvalue weighted by Gasteiger charge is -2.15. The number of hydrogen-bond donors (Lipinski definition) is 3. The minimum atomic E-state index is -4.54. The monoisotopic (exact) mass is 447 g/mol. The van der Waals surface area contributed by atoms with Gasteiger partial charge in [-0.1, -0.05) is 19.1 Å². The van der Waals surface area contributed by atoms with Gasteiger partial charge in [0.1, 0.15) is 5.75 Å². The highest BCUT2D eigenvalue weighted by molar-refractivity contribution is 6.08. The molecule has 0 aliphatic carbocycles. The molecule has 1 aromatic heterocycles. The second-order valence-corrected chi connectivity index (χ2v) is 6.92. The van der Waals surface area contributed by atoms with Crippen molar-refractivity contribution in [1.82, 2.24) is 5.43 Å². The van der Waals surface area contributed by atoms with E-state index in [2.05, 4.69) is 5.32 Å². The van der Waals surface area contributed by atoms with Gasteiger partial charge < -0.3 is 14.5 Å². The number of ether oxygens (including phenoxy) is 1. The van der Waals surface area contributed by atoms with Crippen LogP contribution < -0.4 is 21.3 Å². The van der Waals surface area contributed by atoms with Crippen molar-refractivity contribution < 1.29 is 31.9 Å². The van der Waals surface area contributed by atoms with Crippen molar-refractivity contribution in [3.05, 3.63) is 77.2 Å². The number of ketones is 1. The minimum Gasteiger partial charge on any atom is -0.497 e. The van der Waals surface area contributed by atoms with E-state index in [0.717, 1.165) is 12.1 Å². The molecule has 3 rings (SSSR count). The standard InChI is InChI=1S/C22H20F3N3O4/c1-12(19(29)18-6-7-32-20(18)21(30)28-26)13-4-3-5-15(8-13)27-16-9-14(22(23,24)25)10-17(11-16)31-2/h3-12,27H,26H2,1-2H3,(H,28,30). The Morgan fingerprint density at radius 2 is 1.84 bits per heavy atom. The number of rotatable bonds is 7. The van der Waals surface area contributed by atoms with Crippen LogP contribution in [0.3, 0.4) is 0 Å². The van der Waals surface area contributed by atoms with Gasteiger partial charge in [-0.3, -0.25) is 15.0 Å². The van der Waals surface area contributed by atoms with Crippen molar-refractivity contribution in [2.75, 3.05) is 12.4 Å². The molecule has 0 radical (unpaired) electrons. The molecule has 1 amide bonds. The number of furan rings is 1. The van der Waals surface area contributed by atoms with Crippen molar-refractivity contribution in [1.29, 1.82) is 0 Å². The van der Waals surface area contributed by atoms with Crippen molar-refractivity contribution in [3.63, 3.8) is 0 Å². The highest BCUT2D eigenvalue weighted by atomic mass is 19.4. The Morgan fingerprint density at radius 1 is 1.09 bits per heavy atom. The van der Waals surface area contributed by atoms with Crippen molar-refractivity contribution >= 4 is 23.1 Å². The molecule has 0 aliphatic rings. The Bertz CT molecular complexity index is 1140. The van der Waals surface area contributed by atoms with E-state index in [0.29, 0.717) is 11.3 Å². The zero-order valence-electron chi connectivity index (χ0n) is 17.1. The number of nitrogen functional groups attached to an aromatic ring is 1. The fraction of sp³-hybridized carbons (Fsp3) is 0.182. The summed E-state index contributed by atoms with van der Waals surface area (Å²) in [7, 11) is 1.28. The van der Waals surface area contributed by atoms with Gasteiger partial charge in [0, 0.05) is 23.4 Å². The van der Waals surface area contributed by atoms with Gasteiger partial charge in [-0.15, -0.1) is 0 Å². The van der Waals surface area contributed by atoms with Gasteiger partial charge in [-0.25, -0.2) is 5.84 Å². The van der Waals surface area contributed by atoms with Gasteiger partial charge in [-0.05, 0) is 35.9 Å². The average molecular weight is 447 g/mol. The number of alkyl halides is 3. The van der Waals surface area contributed by atoms with Gasteiger partial charge in [0.25, 0.3) is 0 Å². The first-order valence-corrected chi connectivity index (χ1v) is 9.40. The molecule has 0 fully saturated rings. The van der Waals surface area contributed by atoms with Gasteiger partial charge in [0.05, 0.1) is 24.5 Å². The summed E-state index contributed by atoms with van der Waals surface area (Å²) in [4.78, 5) is 24.7. The molecular formula is C22H20F3N3O4. The van der Waals surface area contributed by atoms with Crippen LogP contribution in [0.25, 0.3) is 0 Å². The zero-order chi connectivity index (χ0) is 23.5. The first-order valence-electron chi connectivity index (χ1n) is 9.40. The van der Waals surface area contributed by atoms with Crippen molar-refractivity contribution in [2.24, 2.45) is 5.84 Å². The lowest BCUT2D eigenvalue weighted by molar-refractivity contribution is -0.137. The number of halogens is 3. The maximum atomic E-state index is 13.2. The molecule has 1 unspecified atom stereocenters. The van der Waals surface area contributed by atoms with Crippen LogP contribution in [-0.2, 0) is 6.18 Å². The Labute approximate surface area is 181 Å². The number of Topliss-reactive ketones (excluding diaryl/α,β-unsaturated/α-hetero) is 1. The summed E-state index contributed by atoms with van der Waals surface area (Å²) < 4.78 is 49.5. The molecule has 3 aromatic rings. The van der Waals surface area contributed by atoms with Gasteiger partial charge in [0.2, 0.25) is 5.76 Å². The number of benzene rings is 2. The SMILES string of the molecule is COc1cc(Nc2cccc(C(C)C(=O)c3ccoc3C(=O)NN)c2)cc(C(F)(F)F)c1. The van der Waals surface area contributed by atoms with Crippen LogP contribution in [-0.4, -0.2) is 18.8 Å². The quantitative estimate of drug-likeness (QED) is 0.211. The Hall–Kier alpha value is -3.79. The first-order chi connectivity index (χ1) is 15.1. The highest BCUT2D eigenvalue weighted by Crippen LogP contribution is 2.35. The van der Waals surface area contributed by atoms with E-state index in [1.807, 2.05) is 5.43 Å². The molecule has 0 saturated carbocycles. The molecule has 0 spiro atoms. The van der Waals surface area contributed by atoms with Crippen LogP contribution in [0.5, 0.6) is 5.75 Å². The lowest BCUT2D eigenvalue weighted by atomic mass is 9.92. The molecule has 0 bridgehead atoms. The van der Waals surface area contributed by atoms with E-state index in [-0.39, 0.29) is 28.5 Å². The Kier molecular flexibility index (Phi) is 6.54. The van der Waals surface area contributed by atoms with Crippen LogP contribution in [0.4, 0.5) is 24.5 Å². The third kappa shape index (κ3) is 4.92.